The van der Waals surface area contributed by atoms with Gasteiger partial charge in [0.2, 0.25) is 0 Å². The molecule has 1 unspecified atom stereocenters. The van der Waals surface area contributed by atoms with Crippen LogP contribution in [0.4, 0.5) is 0 Å². The molecule has 0 aromatic carbocycles. The van der Waals surface area contributed by atoms with Crippen molar-refractivity contribution in [3.8, 4) is 0 Å². The molecule has 2 heterocycles. The third-order valence-corrected chi connectivity index (χ3v) is 7.10. The van der Waals surface area contributed by atoms with Gasteiger partial charge in [-0.1, -0.05) is 19.8 Å². The molecular formula is C15H31N3O2S. The van der Waals surface area contributed by atoms with Crippen LogP contribution in [0.2, 0.25) is 0 Å². The van der Waals surface area contributed by atoms with E-state index in [0.29, 0.717) is 44.6 Å². The molecular weight excluding hydrogens is 286 g/mol. The van der Waals surface area contributed by atoms with Crippen LogP contribution in [0.3, 0.4) is 0 Å². The number of hydrogen-bond acceptors (Lipinski definition) is 3. The van der Waals surface area contributed by atoms with Crippen molar-refractivity contribution in [2.24, 2.45) is 17.6 Å². The number of piperidine rings is 1. The van der Waals surface area contributed by atoms with Crippen LogP contribution in [0.5, 0.6) is 0 Å². The van der Waals surface area contributed by atoms with Crippen molar-refractivity contribution in [2.45, 2.75) is 51.9 Å². The van der Waals surface area contributed by atoms with Gasteiger partial charge in [0, 0.05) is 26.2 Å². The van der Waals surface area contributed by atoms with Crippen molar-refractivity contribution < 1.29 is 8.42 Å². The van der Waals surface area contributed by atoms with E-state index in [4.69, 9.17) is 5.73 Å². The van der Waals surface area contributed by atoms with E-state index in [1.807, 2.05) is 0 Å². The summed E-state index contributed by atoms with van der Waals surface area (Å²) in [6, 6.07) is 0. The molecule has 0 saturated carbocycles. The minimum absolute atomic E-state index is 0.495. The summed E-state index contributed by atoms with van der Waals surface area (Å²) in [5.41, 5.74) is 5.69. The maximum atomic E-state index is 12.8. The standard InChI is InChI=1S/C15H31N3O2S/c1-2-4-14-5-3-9-17(10-6-14)21(19,20)18-11-7-15(13-16)8-12-18/h14-15H,2-13,16H2,1H3. The van der Waals surface area contributed by atoms with E-state index in [1.165, 1.54) is 19.3 Å². The van der Waals surface area contributed by atoms with E-state index >= 15 is 0 Å². The second-order valence-electron chi connectivity index (χ2n) is 6.57. The first-order valence-electron chi connectivity index (χ1n) is 8.53. The largest absolute Gasteiger partial charge is 0.330 e. The average Bonchev–Trinajstić information content (AvgIpc) is 2.74. The fourth-order valence-corrected chi connectivity index (χ4v) is 5.30. The lowest BCUT2D eigenvalue weighted by molar-refractivity contribution is 0.257. The Morgan fingerprint density at radius 1 is 0.952 bits per heavy atom. The highest BCUT2D eigenvalue weighted by Crippen LogP contribution is 2.26. The van der Waals surface area contributed by atoms with Crippen molar-refractivity contribution in [3.63, 3.8) is 0 Å². The monoisotopic (exact) mass is 317 g/mol. The van der Waals surface area contributed by atoms with Gasteiger partial charge in [-0.15, -0.1) is 0 Å². The van der Waals surface area contributed by atoms with E-state index in [2.05, 4.69) is 6.92 Å². The van der Waals surface area contributed by atoms with E-state index in [-0.39, 0.29) is 0 Å². The summed E-state index contributed by atoms with van der Waals surface area (Å²) in [7, 11) is -3.25. The van der Waals surface area contributed by atoms with Gasteiger partial charge in [-0.2, -0.15) is 17.0 Å². The molecule has 5 nitrogen and oxygen atoms in total. The molecule has 124 valence electrons. The lowest BCUT2D eigenvalue weighted by Crippen LogP contribution is -2.48. The number of nitrogens with zero attached hydrogens (tertiary/aromatic N) is 2. The Hall–Kier alpha value is -0.170. The third kappa shape index (κ3) is 4.41. The highest BCUT2D eigenvalue weighted by Gasteiger charge is 2.33. The zero-order valence-corrected chi connectivity index (χ0v) is 14.2. The number of hydrogen-bond donors (Lipinski definition) is 1. The van der Waals surface area contributed by atoms with Crippen LogP contribution in [0.25, 0.3) is 0 Å². The van der Waals surface area contributed by atoms with E-state index in [9.17, 15) is 8.42 Å². The summed E-state index contributed by atoms with van der Waals surface area (Å²) in [5, 5.41) is 0. The molecule has 0 aliphatic carbocycles. The third-order valence-electron chi connectivity index (χ3n) is 5.06. The Morgan fingerprint density at radius 3 is 2.10 bits per heavy atom. The Bertz CT molecular complexity index is 405. The first kappa shape index (κ1) is 17.2. The molecule has 0 amide bonds. The lowest BCUT2D eigenvalue weighted by Gasteiger charge is -2.34. The molecule has 2 aliphatic heterocycles. The van der Waals surface area contributed by atoms with Crippen molar-refractivity contribution in [2.75, 3.05) is 32.7 Å². The fraction of sp³-hybridized carbons (Fsp3) is 1.00. The Kier molecular flexibility index (Phi) is 6.47. The molecule has 2 N–H and O–H groups in total. The molecule has 6 heteroatoms. The van der Waals surface area contributed by atoms with Crippen LogP contribution in [0.1, 0.15) is 51.9 Å². The van der Waals surface area contributed by atoms with Crippen molar-refractivity contribution >= 4 is 10.2 Å². The summed E-state index contributed by atoms with van der Waals surface area (Å²) in [5.74, 6) is 1.20. The van der Waals surface area contributed by atoms with E-state index in [1.54, 1.807) is 8.61 Å². The van der Waals surface area contributed by atoms with Crippen molar-refractivity contribution in [1.82, 2.24) is 8.61 Å². The normalized spacial score (nSPS) is 27.6. The molecule has 0 radical (unpaired) electrons. The highest BCUT2D eigenvalue weighted by molar-refractivity contribution is 7.86. The molecule has 1 atom stereocenters. The maximum absolute atomic E-state index is 12.8. The zero-order chi connectivity index (χ0) is 15.3. The minimum Gasteiger partial charge on any atom is -0.330 e. The van der Waals surface area contributed by atoms with Gasteiger partial charge < -0.3 is 5.73 Å². The lowest BCUT2D eigenvalue weighted by atomic mass is 9.96. The summed E-state index contributed by atoms with van der Waals surface area (Å²) in [4.78, 5) is 0. The Morgan fingerprint density at radius 2 is 1.52 bits per heavy atom. The van der Waals surface area contributed by atoms with Gasteiger partial charge in [0.1, 0.15) is 0 Å². The smallest absolute Gasteiger partial charge is 0.281 e. The first-order valence-corrected chi connectivity index (χ1v) is 9.93. The van der Waals surface area contributed by atoms with Gasteiger partial charge in [0.15, 0.2) is 0 Å². The molecule has 21 heavy (non-hydrogen) atoms. The predicted molar refractivity (Wildman–Crippen MR) is 86.1 cm³/mol. The molecule has 0 spiro atoms. The minimum atomic E-state index is -3.25. The van der Waals surface area contributed by atoms with Crippen LogP contribution >= 0.6 is 0 Å². The summed E-state index contributed by atoms with van der Waals surface area (Å²) >= 11 is 0. The SMILES string of the molecule is CCCC1CCCN(S(=O)(=O)N2CCC(CN)CC2)CC1. The second-order valence-corrected chi connectivity index (χ2v) is 8.50. The van der Waals surface area contributed by atoms with Crippen LogP contribution < -0.4 is 5.73 Å². The van der Waals surface area contributed by atoms with E-state index < -0.39 is 10.2 Å². The summed E-state index contributed by atoms with van der Waals surface area (Å²) in [6.07, 6.45) is 7.44. The topological polar surface area (TPSA) is 66.6 Å². The fourth-order valence-electron chi connectivity index (χ4n) is 3.61. The van der Waals surface area contributed by atoms with Gasteiger partial charge in [-0.25, -0.2) is 0 Å². The first-order chi connectivity index (χ1) is 10.1. The van der Waals surface area contributed by atoms with Crippen LogP contribution in [0.15, 0.2) is 0 Å². The van der Waals surface area contributed by atoms with Gasteiger partial charge >= 0.3 is 0 Å². The Labute approximate surface area is 130 Å². The van der Waals surface area contributed by atoms with Gasteiger partial charge in [-0.3, -0.25) is 0 Å². The quantitative estimate of drug-likeness (QED) is 0.841. The van der Waals surface area contributed by atoms with Crippen molar-refractivity contribution in [3.05, 3.63) is 0 Å². The Balaban J connectivity index is 1.93. The molecule has 2 rings (SSSR count). The zero-order valence-electron chi connectivity index (χ0n) is 13.3. The molecule has 0 aromatic rings. The van der Waals surface area contributed by atoms with Crippen LogP contribution in [0, 0.1) is 11.8 Å². The molecule has 2 aliphatic rings. The molecule has 0 aromatic heterocycles. The summed E-state index contributed by atoms with van der Waals surface area (Å²) < 4.78 is 29.0. The maximum Gasteiger partial charge on any atom is 0.281 e. The van der Waals surface area contributed by atoms with Gasteiger partial charge in [0.25, 0.3) is 10.2 Å². The number of rotatable bonds is 5. The highest BCUT2D eigenvalue weighted by atomic mass is 32.2. The molecule has 0 bridgehead atoms. The average molecular weight is 317 g/mol. The second kappa shape index (κ2) is 7.90. The molecule has 2 fully saturated rings. The number of nitrogens with two attached hydrogens (primary N) is 1. The van der Waals surface area contributed by atoms with Gasteiger partial charge in [0.05, 0.1) is 0 Å². The predicted octanol–water partition coefficient (Wildman–Crippen LogP) is 1.80. The van der Waals surface area contributed by atoms with Crippen LogP contribution in [-0.2, 0) is 10.2 Å². The van der Waals surface area contributed by atoms with Crippen LogP contribution in [-0.4, -0.2) is 49.8 Å². The summed E-state index contributed by atoms with van der Waals surface area (Å²) in [6.45, 7) is 5.55. The van der Waals surface area contributed by atoms with E-state index in [0.717, 1.165) is 25.7 Å². The van der Waals surface area contributed by atoms with Crippen molar-refractivity contribution in [1.29, 1.82) is 0 Å². The van der Waals surface area contributed by atoms with Gasteiger partial charge in [-0.05, 0) is 50.5 Å². The molecule has 2 saturated heterocycles.